The van der Waals surface area contributed by atoms with Crippen LogP contribution in [-0.4, -0.2) is 45.6 Å². The molecule has 1 aliphatic heterocycles. The second-order valence-corrected chi connectivity index (χ2v) is 8.01. The summed E-state index contributed by atoms with van der Waals surface area (Å²) in [4.78, 5) is 14.7. The first-order chi connectivity index (χ1) is 15.5. The molecule has 0 saturated carbocycles. The lowest BCUT2D eigenvalue weighted by molar-refractivity contribution is -0.116. The molecule has 8 nitrogen and oxygen atoms in total. The molecule has 1 saturated heterocycles. The molecule has 3 aromatic rings. The second-order valence-electron chi connectivity index (χ2n) is 8.01. The van der Waals surface area contributed by atoms with Gasteiger partial charge in [0.15, 0.2) is 11.6 Å². The van der Waals surface area contributed by atoms with Gasteiger partial charge in [0.25, 0.3) is 0 Å². The Hall–Kier alpha value is -3.42. The SMILES string of the molecule is CCOc1ccc(NC(=O)CCc2c(C)nn(-c3ccc(N4CCCC4)nn3)c2C)cc1. The molecule has 1 aromatic carbocycles. The van der Waals surface area contributed by atoms with E-state index in [9.17, 15) is 4.79 Å². The van der Waals surface area contributed by atoms with E-state index in [-0.39, 0.29) is 5.91 Å². The van der Waals surface area contributed by atoms with Crippen molar-refractivity contribution in [3.63, 3.8) is 0 Å². The molecule has 0 radical (unpaired) electrons. The summed E-state index contributed by atoms with van der Waals surface area (Å²) >= 11 is 0. The molecule has 8 heteroatoms. The Morgan fingerprint density at radius 3 is 2.38 bits per heavy atom. The fourth-order valence-corrected chi connectivity index (χ4v) is 4.07. The first kappa shape index (κ1) is 21.8. The summed E-state index contributed by atoms with van der Waals surface area (Å²) in [6.07, 6.45) is 3.40. The summed E-state index contributed by atoms with van der Waals surface area (Å²) < 4.78 is 7.25. The number of ether oxygens (including phenoxy) is 1. The molecule has 0 aliphatic carbocycles. The van der Waals surface area contributed by atoms with E-state index < -0.39 is 0 Å². The van der Waals surface area contributed by atoms with E-state index >= 15 is 0 Å². The van der Waals surface area contributed by atoms with Crippen LogP contribution in [0.4, 0.5) is 11.5 Å². The molecular formula is C24H30N6O2. The Bertz CT molecular complexity index is 1050. The fourth-order valence-electron chi connectivity index (χ4n) is 4.07. The standard InChI is InChI=1S/C24H30N6O2/c1-4-32-20-9-7-19(8-10-20)25-24(31)14-11-21-17(2)28-30(18(21)3)23-13-12-22(26-27-23)29-15-5-6-16-29/h7-10,12-13H,4-6,11,14-16H2,1-3H3,(H,25,31). The maximum absolute atomic E-state index is 12.5. The molecule has 1 amide bonds. The molecular weight excluding hydrogens is 404 g/mol. The van der Waals surface area contributed by atoms with Crippen molar-refractivity contribution < 1.29 is 9.53 Å². The highest BCUT2D eigenvalue weighted by atomic mass is 16.5. The van der Waals surface area contributed by atoms with Crippen LogP contribution in [0.25, 0.3) is 5.82 Å². The normalized spacial score (nSPS) is 13.4. The predicted octanol–water partition coefficient (Wildman–Crippen LogP) is 3.85. The van der Waals surface area contributed by atoms with Crippen LogP contribution in [0.1, 0.15) is 43.1 Å². The van der Waals surface area contributed by atoms with Crippen molar-refractivity contribution >= 4 is 17.4 Å². The fraction of sp³-hybridized carbons (Fsp3) is 0.417. The number of aromatic nitrogens is 4. The van der Waals surface area contributed by atoms with Gasteiger partial charge < -0.3 is 15.0 Å². The van der Waals surface area contributed by atoms with Gasteiger partial charge in [0.2, 0.25) is 5.91 Å². The van der Waals surface area contributed by atoms with Crippen molar-refractivity contribution in [1.82, 2.24) is 20.0 Å². The quantitative estimate of drug-likeness (QED) is 0.580. The summed E-state index contributed by atoms with van der Waals surface area (Å²) in [5, 5.41) is 16.4. The van der Waals surface area contributed by atoms with E-state index in [0.29, 0.717) is 25.3 Å². The minimum Gasteiger partial charge on any atom is -0.494 e. The van der Waals surface area contributed by atoms with E-state index in [1.54, 1.807) is 0 Å². The summed E-state index contributed by atoms with van der Waals surface area (Å²) in [5.74, 6) is 2.37. The number of aryl methyl sites for hydroxylation is 1. The van der Waals surface area contributed by atoms with Crippen LogP contribution in [0.2, 0.25) is 0 Å². The zero-order chi connectivity index (χ0) is 22.5. The van der Waals surface area contributed by atoms with E-state index in [0.717, 1.165) is 47.3 Å². The summed E-state index contributed by atoms with van der Waals surface area (Å²) in [6, 6.07) is 11.4. The Kier molecular flexibility index (Phi) is 6.68. The van der Waals surface area contributed by atoms with Crippen molar-refractivity contribution in [2.45, 2.75) is 46.5 Å². The maximum Gasteiger partial charge on any atom is 0.224 e. The third-order valence-corrected chi connectivity index (χ3v) is 5.78. The lowest BCUT2D eigenvalue weighted by Crippen LogP contribution is -2.19. The number of hydrogen-bond donors (Lipinski definition) is 1. The van der Waals surface area contributed by atoms with Gasteiger partial charge in [-0.15, -0.1) is 10.2 Å². The zero-order valence-electron chi connectivity index (χ0n) is 19.0. The van der Waals surface area contributed by atoms with Crippen LogP contribution < -0.4 is 15.0 Å². The van der Waals surface area contributed by atoms with E-state index in [1.807, 2.05) is 61.9 Å². The lowest BCUT2D eigenvalue weighted by Gasteiger charge is -2.15. The predicted molar refractivity (Wildman–Crippen MR) is 125 cm³/mol. The molecule has 0 atom stereocenters. The minimum atomic E-state index is -0.0320. The molecule has 0 spiro atoms. The van der Waals surface area contributed by atoms with Crippen molar-refractivity contribution in [1.29, 1.82) is 0 Å². The first-order valence-corrected chi connectivity index (χ1v) is 11.2. The lowest BCUT2D eigenvalue weighted by atomic mass is 10.1. The molecule has 168 valence electrons. The van der Waals surface area contributed by atoms with Gasteiger partial charge in [0.1, 0.15) is 5.75 Å². The highest BCUT2D eigenvalue weighted by Crippen LogP contribution is 2.21. The van der Waals surface area contributed by atoms with Gasteiger partial charge >= 0.3 is 0 Å². The topological polar surface area (TPSA) is 85.2 Å². The number of nitrogens with one attached hydrogen (secondary N) is 1. The number of carbonyl (C=O) groups excluding carboxylic acids is 1. The van der Waals surface area contributed by atoms with Gasteiger partial charge in [-0.2, -0.15) is 5.10 Å². The van der Waals surface area contributed by atoms with E-state index in [1.165, 1.54) is 12.8 Å². The van der Waals surface area contributed by atoms with E-state index in [2.05, 4.69) is 25.5 Å². The van der Waals surface area contributed by atoms with Crippen molar-refractivity contribution in [2.75, 3.05) is 29.9 Å². The van der Waals surface area contributed by atoms with Crippen LogP contribution in [-0.2, 0) is 11.2 Å². The Labute approximate surface area is 188 Å². The second kappa shape index (κ2) is 9.80. The number of hydrogen-bond acceptors (Lipinski definition) is 6. The molecule has 32 heavy (non-hydrogen) atoms. The van der Waals surface area contributed by atoms with Crippen molar-refractivity contribution in [3.8, 4) is 11.6 Å². The summed E-state index contributed by atoms with van der Waals surface area (Å²) in [5.41, 5.74) is 3.72. The number of anilines is 2. The Balaban J connectivity index is 1.38. The summed E-state index contributed by atoms with van der Waals surface area (Å²) in [6.45, 7) is 8.61. The van der Waals surface area contributed by atoms with Gasteiger partial charge in [-0.1, -0.05) is 0 Å². The smallest absolute Gasteiger partial charge is 0.224 e. The van der Waals surface area contributed by atoms with Crippen LogP contribution in [0.3, 0.4) is 0 Å². The highest BCUT2D eigenvalue weighted by molar-refractivity contribution is 5.90. The number of rotatable bonds is 8. The summed E-state index contributed by atoms with van der Waals surface area (Å²) in [7, 11) is 0. The monoisotopic (exact) mass is 434 g/mol. The maximum atomic E-state index is 12.5. The van der Waals surface area contributed by atoms with Crippen LogP contribution in [0.15, 0.2) is 36.4 Å². The minimum absolute atomic E-state index is 0.0320. The number of carbonyl (C=O) groups is 1. The first-order valence-electron chi connectivity index (χ1n) is 11.2. The van der Waals surface area contributed by atoms with Crippen molar-refractivity contribution in [2.24, 2.45) is 0 Å². The van der Waals surface area contributed by atoms with Crippen LogP contribution >= 0.6 is 0 Å². The van der Waals surface area contributed by atoms with Gasteiger partial charge in [0, 0.05) is 30.9 Å². The molecule has 0 bridgehead atoms. The largest absolute Gasteiger partial charge is 0.494 e. The zero-order valence-corrected chi connectivity index (χ0v) is 19.0. The highest BCUT2D eigenvalue weighted by Gasteiger charge is 2.17. The molecule has 1 fully saturated rings. The number of nitrogens with zero attached hydrogens (tertiary/aromatic N) is 5. The molecule has 4 rings (SSSR count). The Morgan fingerprint density at radius 2 is 1.72 bits per heavy atom. The molecule has 3 heterocycles. The van der Waals surface area contributed by atoms with Gasteiger partial charge in [-0.3, -0.25) is 4.79 Å². The molecule has 1 aliphatic rings. The molecule has 0 unspecified atom stereocenters. The molecule has 2 aromatic heterocycles. The third-order valence-electron chi connectivity index (χ3n) is 5.78. The Morgan fingerprint density at radius 1 is 1.03 bits per heavy atom. The third kappa shape index (κ3) is 4.90. The number of benzene rings is 1. The van der Waals surface area contributed by atoms with Crippen LogP contribution in [0, 0.1) is 13.8 Å². The number of amides is 1. The van der Waals surface area contributed by atoms with Gasteiger partial charge in [-0.25, -0.2) is 4.68 Å². The molecule has 1 N–H and O–H groups in total. The van der Waals surface area contributed by atoms with Crippen molar-refractivity contribution in [3.05, 3.63) is 53.3 Å². The van der Waals surface area contributed by atoms with E-state index in [4.69, 9.17) is 4.74 Å². The van der Waals surface area contributed by atoms with Crippen LogP contribution in [0.5, 0.6) is 5.75 Å². The van der Waals surface area contributed by atoms with Gasteiger partial charge in [-0.05, 0) is 82.0 Å². The average Bonchev–Trinajstić information content (AvgIpc) is 3.43. The van der Waals surface area contributed by atoms with Gasteiger partial charge in [0.05, 0.1) is 12.3 Å². The average molecular weight is 435 g/mol.